The van der Waals surface area contributed by atoms with Gasteiger partial charge in [-0.25, -0.2) is 9.37 Å². The van der Waals surface area contributed by atoms with Crippen LogP contribution in [0.4, 0.5) is 10.2 Å². The number of benzene rings is 1. The minimum absolute atomic E-state index is 0.0200. The Morgan fingerprint density at radius 2 is 2.00 bits per heavy atom. The number of piperazine rings is 1. The third-order valence-corrected chi connectivity index (χ3v) is 4.82. The lowest BCUT2D eigenvalue weighted by Gasteiger charge is -2.32. The first-order chi connectivity index (χ1) is 13.1. The van der Waals surface area contributed by atoms with E-state index in [0.29, 0.717) is 35.8 Å². The topological polar surface area (TPSA) is 65.8 Å². The molecule has 0 unspecified atom stereocenters. The van der Waals surface area contributed by atoms with Gasteiger partial charge in [0.15, 0.2) is 5.65 Å². The number of nitrogens with one attached hydrogen (secondary N) is 1. The predicted molar refractivity (Wildman–Crippen MR) is 101 cm³/mol. The van der Waals surface area contributed by atoms with Gasteiger partial charge in [-0.15, -0.1) is 0 Å². The molecule has 0 bridgehead atoms. The molecule has 0 saturated carbocycles. The predicted octanol–water partition coefficient (Wildman–Crippen LogP) is 1.72. The summed E-state index contributed by atoms with van der Waals surface area (Å²) in [6.45, 7) is 3.30. The standard InChI is InChI=1S/C19H21FN6O/c1-24-8-10-25(11-9-24)17(27)13-22-19-18(14-4-2-3-5-15(14)20)23-16-12-21-6-7-26(16)19/h2-7,12,22H,8-11,13H2,1H3. The lowest BCUT2D eigenvalue weighted by molar-refractivity contribution is -0.130. The first-order valence-corrected chi connectivity index (χ1v) is 8.90. The Morgan fingerprint density at radius 1 is 1.22 bits per heavy atom. The van der Waals surface area contributed by atoms with Gasteiger partial charge in [0, 0.05) is 44.1 Å². The van der Waals surface area contributed by atoms with E-state index in [1.54, 1.807) is 41.2 Å². The van der Waals surface area contributed by atoms with Crippen molar-refractivity contribution in [1.29, 1.82) is 0 Å². The van der Waals surface area contributed by atoms with E-state index in [-0.39, 0.29) is 18.3 Å². The van der Waals surface area contributed by atoms with Crippen LogP contribution in [0.3, 0.4) is 0 Å². The molecular formula is C19H21FN6O. The average molecular weight is 368 g/mol. The van der Waals surface area contributed by atoms with Crippen molar-refractivity contribution >= 4 is 17.4 Å². The molecule has 1 N–H and O–H groups in total. The number of carbonyl (C=O) groups excluding carboxylic acids is 1. The molecule has 3 aromatic rings. The van der Waals surface area contributed by atoms with Gasteiger partial charge in [-0.2, -0.15) is 0 Å². The molecule has 1 fully saturated rings. The molecule has 0 atom stereocenters. The lowest BCUT2D eigenvalue weighted by Crippen LogP contribution is -2.48. The summed E-state index contributed by atoms with van der Waals surface area (Å²) in [5.74, 6) is 0.244. The highest BCUT2D eigenvalue weighted by molar-refractivity contribution is 5.84. The monoisotopic (exact) mass is 368 g/mol. The van der Waals surface area contributed by atoms with Gasteiger partial charge in [-0.1, -0.05) is 12.1 Å². The van der Waals surface area contributed by atoms with Gasteiger partial charge in [0.05, 0.1) is 12.7 Å². The van der Waals surface area contributed by atoms with Gasteiger partial charge in [0.25, 0.3) is 0 Å². The molecule has 1 aliphatic rings. The second-order valence-electron chi connectivity index (χ2n) is 6.63. The number of hydrogen-bond acceptors (Lipinski definition) is 5. The Kier molecular flexibility index (Phi) is 4.72. The molecule has 7 nitrogen and oxygen atoms in total. The fraction of sp³-hybridized carbons (Fsp3) is 0.316. The minimum atomic E-state index is -0.359. The number of hydrogen-bond donors (Lipinski definition) is 1. The highest BCUT2D eigenvalue weighted by atomic mass is 19.1. The summed E-state index contributed by atoms with van der Waals surface area (Å²) >= 11 is 0. The third kappa shape index (κ3) is 3.48. The zero-order valence-electron chi connectivity index (χ0n) is 15.1. The van der Waals surface area contributed by atoms with E-state index in [0.717, 1.165) is 13.1 Å². The fourth-order valence-electron chi connectivity index (χ4n) is 3.24. The number of halogens is 1. The Hall–Kier alpha value is -3.00. The van der Waals surface area contributed by atoms with Crippen molar-refractivity contribution in [3.63, 3.8) is 0 Å². The van der Waals surface area contributed by atoms with Crippen LogP contribution in [0.5, 0.6) is 0 Å². The van der Waals surface area contributed by atoms with Gasteiger partial charge in [-0.3, -0.25) is 14.2 Å². The number of nitrogens with zero attached hydrogens (tertiary/aromatic N) is 5. The molecule has 0 spiro atoms. The van der Waals surface area contributed by atoms with E-state index >= 15 is 0 Å². The molecule has 2 aromatic heterocycles. The van der Waals surface area contributed by atoms with Gasteiger partial charge in [0.1, 0.15) is 17.3 Å². The Labute approximate surface area is 156 Å². The summed E-state index contributed by atoms with van der Waals surface area (Å²) in [6.07, 6.45) is 4.99. The number of aromatic nitrogens is 3. The quantitative estimate of drug-likeness (QED) is 0.760. The minimum Gasteiger partial charge on any atom is -0.360 e. The summed E-state index contributed by atoms with van der Waals surface area (Å²) in [4.78, 5) is 25.2. The van der Waals surface area contributed by atoms with Gasteiger partial charge >= 0.3 is 0 Å². The number of anilines is 1. The molecule has 1 aromatic carbocycles. The van der Waals surface area contributed by atoms with Gasteiger partial charge < -0.3 is 15.1 Å². The van der Waals surface area contributed by atoms with Crippen molar-refractivity contribution in [2.24, 2.45) is 0 Å². The van der Waals surface area contributed by atoms with E-state index in [1.165, 1.54) is 6.07 Å². The maximum atomic E-state index is 14.3. The largest absolute Gasteiger partial charge is 0.360 e. The first-order valence-electron chi connectivity index (χ1n) is 8.90. The van der Waals surface area contributed by atoms with Crippen molar-refractivity contribution in [3.8, 4) is 11.3 Å². The first kappa shape index (κ1) is 17.4. The van der Waals surface area contributed by atoms with Crippen LogP contribution >= 0.6 is 0 Å². The number of carbonyl (C=O) groups is 1. The van der Waals surface area contributed by atoms with Crippen molar-refractivity contribution in [2.75, 3.05) is 45.1 Å². The van der Waals surface area contributed by atoms with E-state index in [4.69, 9.17) is 0 Å². The molecule has 4 rings (SSSR count). The summed E-state index contributed by atoms with van der Waals surface area (Å²) in [7, 11) is 2.05. The molecule has 0 radical (unpaired) electrons. The van der Waals surface area contributed by atoms with Crippen LogP contribution in [-0.2, 0) is 4.79 Å². The lowest BCUT2D eigenvalue weighted by atomic mass is 10.1. The van der Waals surface area contributed by atoms with Crippen LogP contribution < -0.4 is 5.32 Å². The van der Waals surface area contributed by atoms with Crippen LogP contribution in [0.1, 0.15) is 0 Å². The molecule has 1 aliphatic heterocycles. The summed E-state index contributed by atoms with van der Waals surface area (Å²) in [5, 5.41) is 3.17. The molecule has 8 heteroatoms. The molecule has 27 heavy (non-hydrogen) atoms. The summed E-state index contributed by atoms with van der Waals surface area (Å²) in [6, 6.07) is 6.48. The van der Waals surface area contributed by atoms with Crippen LogP contribution in [-0.4, -0.2) is 69.8 Å². The van der Waals surface area contributed by atoms with Crippen molar-refractivity contribution in [3.05, 3.63) is 48.7 Å². The number of amides is 1. The highest BCUT2D eigenvalue weighted by Crippen LogP contribution is 2.30. The maximum Gasteiger partial charge on any atom is 0.242 e. The molecule has 3 heterocycles. The van der Waals surface area contributed by atoms with E-state index < -0.39 is 0 Å². The van der Waals surface area contributed by atoms with Crippen molar-refractivity contribution in [2.45, 2.75) is 0 Å². The second-order valence-corrected chi connectivity index (χ2v) is 6.63. The Balaban J connectivity index is 1.62. The number of rotatable bonds is 4. The van der Waals surface area contributed by atoms with Crippen LogP contribution in [0.2, 0.25) is 0 Å². The normalized spacial score (nSPS) is 15.3. The third-order valence-electron chi connectivity index (χ3n) is 4.82. The zero-order valence-corrected chi connectivity index (χ0v) is 15.1. The van der Waals surface area contributed by atoms with Gasteiger partial charge in [-0.05, 0) is 19.2 Å². The summed E-state index contributed by atoms with van der Waals surface area (Å²) in [5.41, 5.74) is 1.44. The van der Waals surface area contributed by atoms with Crippen LogP contribution in [0.25, 0.3) is 16.9 Å². The van der Waals surface area contributed by atoms with Gasteiger partial charge in [0.2, 0.25) is 5.91 Å². The second kappa shape index (κ2) is 7.32. The highest BCUT2D eigenvalue weighted by Gasteiger charge is 2.21. The number of fused-ring (bicyclic) bond motifs is 1. The van der Waals surface area contributed by atoms with Crippen molar-refractivity contribution < 1.29 is 9.18 Å². The SMILES string of the molecule is CN1CCN(C(=O)CNc2c(-c3ccccc3F)nc3cnccn23)CC1. The molecular weight excluding hydrogens is 347 g/mol. The average Bonchev–Trinajstić information content (AvgIpc) is 3.05. The zero-order chi connectivity index (χ0) is 18.8. The smallest absolute Gasteiger partial charge is 0.242 e. The van der Waals surface area contributed by atoms with E-state index in [2.05, 4.69) is 20.2 Å². The molecule has 140 valence electrons. The van der Waals surface area contributed by atoms with E-state index in [1.807, 2.05) is 11.9 Å². The Bertz CT molecular complexity index is 964. The molecule has 0 aliphatic carbocycles. The van der Waals surface area contributed by atoms with Crippen molar-refractivity contribution in [1.82, 2.24) is 24.2 Å². The summed E-state index contributed by atoms with van der Waals surface area (Å²) < 4.78 is 16.1. The fourth-order valence-corrected chi connectivity index (χ4v) is 3.24. The van der Waals surface area contributed by atoms with Crippen LogP contribution in [0, 0.1) is 5.82 Å². The maximum absolute atomic E-state index is 14.3. The number of likely N-dealkylation sites (N-methyl/N-ethyl adjacent to an activating group) is 1. The number of imidazole rings is 1. The molecule has 1 saturated heterocycles. The Morgan fingerprint density at radius 3 is 2.78 bits per heavy atom. The molecule has 1 amide bonds. The van der Waals surface area contributed by atoms with Crippen LogP contribution in [0.15, 0.2) is 42.9 Å². The van der Waals surface area contributed by atoms with E-state index in [9.17, 15) is 9.18 Å².